The molecular weight excluding hydrogens is 1470 g/mol. The van der Waals surface area contributed by atoms with Gasteiger partial charge in [-0.2, -0.15) is 0 Å². The molecular formula is C75H117IN10O17S. The van der Waals surface area contributed by atoms with Crippen LogP contribution >= 0.6 is 34.4 Å². The molecule has 4 rings (SSSR count). The lowest BCUT2D eigenvalue weighted by molar-refractivity contribution is -0.148. The largest absolute Gasteiger partial charge is 0.481 e. The van der Waals surface area contributed by atoms with Crippen LogP contribution in [0.5, 0.6) is 0 Å². The maximum atomic E-state index is 14.9. The van der Waals surface area contributed by atoms with Gasteiger partial charge in [-0.05, 0) is 98.8 Å². The van der Waals surface area contributed by atoms with Gasteiger partial charge in [0.25, 0.3) is 0 Å². The molecule has 15 atom stereocenters. The third-order valence-corrected chi connectivity index (χ3v) is 22.2. The number of amides is 11. The van der Waals surface area contributed by atoms with Gasteiger partial charge in [-0.3, -0.25) is 62.5 Å². The van der Waals surface area contributed by atoms with Gasteiger partial charge in [0.1, 0.15) is 30.8 Å². The Morgan fingerprint density at radius 2 is 1.41 bits per heavy atom. The van der Waals surface area contributed by atoms with Crippen molar-refractivity contribution in [3.63, 3.8) is 0 Å². The zero-order valence-corrected chi connectivity index (χ0v) is 66.9. The first-order valence-electron chi connectivity index (χ1n) is 36.5. The second-order valence-corrected chi connectivity index (χ2v) is 33.8. The number of rotatable bonds is 43. The van der Waals surface area contributed by atoms with Crippen molar-refractivity contribution in [2.75, 3.05) is 53.3 Å². The van der Waals surface area contributed by atoms with Crippen molar-refractivity contribution < 1.29 is 82.0 Å². The van der Waals surface area contributed by atoms with Crippen LogP contribution in [0.3, 0.4) is 0 Å². The molecule has 2 saturated heterocycles. The Bertz CT molecular complexity index is 3200. The number of alkyl halides is 1. The molecule has 2 aromatic carbocycles. The molecule has 2 heterocycles. The summed E-state index contributed by atoms with van der Waals surface area (Å²) in [5.41, 5.74) is 1.34. The Balaban J connectivity index is 1.34. The average molecular weight is 1590 g/mol. The lowest BCUT2D eigenvalue weighted by Gasteiger charge is -2.41. The van der Waals surface area contributed by atoms with Gasteiger partial charge < -0.3 is 66.1 Å². The lowest BCUT2D eigenvalue weighted by Crippen LogP contribution is -2.60. The quantitative estimate of drug-likeness (QED) is 0.0179. The molecule has 29 heteroatoms. The van der Waals surface area contributed by atoms with E-state index in [0.717, 1.165) is 35.5 Å². The van der Waals surface area contributed by atoms with Crippen molar-refractivity contribution in [1.29, 1.82) is 0 Å². The number of carbonyl (C=O) groups excluding carboxylic acids is 11. The molecule has 0 saturated carbocycles. The number of imide groups is 1. The molecule has 2 aliphatic rings. The standard InChI is InChI=1S/C75H117IN10O17S/c1-18-33-75(13,76)104-57-40-61(90)86(72(57)98)35-32-58(87)78-48(12)69(95)77-41-59(88)80-54(38-62(91)92)70(96)79-52-30-28-50(29-31-52)42-103-74(100)84(15)64(45(8)9)71(97)82-63(44(6)7)73(99)83(14)65(46(10)19-2)56(101-16)39-60(89)85-34-24-27-55(85)67(102-17)47(11)68(94)81-53(37-49(20-3)36-43(4)5)66(93)51-25-22-21-23-26-51/h21-23,25-26,28-31,43-49,53-57,63-67,93H,18-20,24,27,32-42H2,1-17H3,(H,77,95)(H,78,87)(H,79,96)(H,80,88)(H,81,94)(H,82,97)(H,91,92)/t46-,47+,48+,49?,53+,54-,55-,56+,57?,63-,64-,65-,66-,67+,75?/m0/s1. The van der Waals surface area contributed by atoms with E-state index in [2.05, 4.69) is 75.3 Å². The smallest absolute Gasteiger partial charge is 0.410 e. The van der Waals surface area contributed by atoms with E-state index < -0.39 is 144 Å². The van der Waals surface area contributed by atoms with Gasteiger partial charge in [-0.1, -0.05) is 160 Å². The first kappa shape index (κ1) is 89.4. The predicted octanol–water partition coefficient (Wildman–Crippen LogP) is 7.74. The maximum Gasteiger partial charge on any atom is 0.410 e. The fourth-order valence-corrected chi connectivity index (χ4v) is 16.6. The van der Waals surface area contributed by atoms with Gasteiger partial charge >= 0.3 is 12.1 Å². The van der Waals surface area contributed by atoms with Crippen LogP contribution in [0.4, 0.5) is 10.5 Å². The molecule has 2 aliphatic heterocycles. The van der Waals surface area contributed by atoms with E-state index in [1.807, 2.05) is 58.0 Å². The van der Waals surface area contributed by atoms with Gasteiger partial charge in [0.15, 0.2) is 0 Å². The highest BCUT2D eigenvalue weighted by atomic mass is 127. The topological polar surface area (TPSA) is 358 Å². The van der Waals surface area contributed by atoms with Crippen LogP contribution in [0.15, 0.2) is 54.6 Å². The number of hydrogen-bond acceptors (Lipinski definition) is 17. The number of ether oxygens (including phenoxy) is 3. The molecule has 0 aliphatic carbocycles. The summed E-state index contributed by atoms with van der Waals surface area (Å²) >= 11 is 3.69. The molecule has 27 nitrogen and oxygen atoms in total. The van der Waals surface area contributed by atoms with Crippen LogP contribution in [0.1, 0.15) is 184 Å². The fraction of sp³-hybridized carbons (Fsp3) is 0.680. The number of aliphatic hydroxyl groups is 1. The Labute approximate surface area is 632 Å². The van der Waals surface area contributed by atoms with Gasteiger partial charge in [-0.25, -0.2) is 4.79 Å². The summed E-state index contributed by atoms with van der Waals surface area (Å²) in [6, 6.07) is 8.60. The van der Waals surface area contributed by atoms with E-state index in [9.17, 15) is 67.7 Å². The van der Waals surface area contributed by atoms with Crippen LogP contribution in [0.2, 0.25) is 0 Å². The number of carboxylic acid groups (broad SMARTS) is 1. The second-order valence-electron chi connectivity index (χ2n) is 29.0. The second kappa shape index (κ2) is 43.0. The third kappa shape index (κ3) is 26.8. The van der Waals surface area contributed by atoms with Crippen LogP contribution in [-0.2, 0) is 73.6 Å². The molecule has 0 bridgehead atoms. The number of benzene rings is 2. The molecule has 0 aromatic heterocycles. The van der Waals surface area contributed by atoms with Crippen LogP contribution in [0.25, 0.3) is 0 Å². The van der Waals surface area contributed by atoms with Crippen molar-refractivity contribution in [1.82, 2.24) is 46.2 Å². The number of halogens is 1. The van der Waals surface area contributed by atoms with Gasteiger partial charge in [-0.15, -0.1) is 11.8 Å². The number of nitrogens with one attached hydrogen (secondary N) is 6. The Morgan fingerprint density at radius 3 is 1.98 bits per heavy atom. The van der Waals surface area contributed by atoms with E-state index in [-0.39, 0.29) is 76.3 Å². The normalized spacial score (nSPS) is 18.7. The molecule has 8 N–H and O–H groups in total. The van der Waals surface area contributed by atoms with E-state index in [1.54, 1.807) is 51.5 Å². The third-order valence-electron chi connectivity index (χ3n) is 19.6. The first-order chi connectivity index (χ1) is 48.9. The summed E-state index contributed by atoms with van der Waals surface area (Å²) in [6.45, 7) is 23.9. The van der Waals surface area contributed by atoms with Gasteiger partial charge in [0, 0.05) is 59.9 Å². The highest BCUT2D eigenvalue weighted by Gasteiger charge is 2.46. The lowest BCUT2D eigenvalue weighted by atomic mass is 9.85. The number of likely N-dealkylation sites (N-methyl/N-ethyl adjacent to an activating group) is 2. The van der Waals surface area contributed by atoms with Crippen molar-refractivity contribution in [2.24, 2.45) is 35.5 Å². The Kier molecular flexibility index (Phi) is 37.0. The summed E-state index contributed by atoms with van der Waals surface area (Å²) in [5.74, 6) is -8.14. The van der Waals surface area contributed by atoms with E-state index in [4.69, 9.17) is 14.2 Å². The number of aliphatic hydroxyl groups excluding tert-OH is 1. The Morgan fingerprint density at radius 1 is 0.760 bits per heavy atom. The molecule has 582 valence electrons. The SMILES string of the molecule is CCCC(C)(I)SC1CC(=O)N(CCC(=O)N[C@H](C)C(=O)NCC(=O)N[C@@H](CC(=O)O)C(=O)Nc2ccc(COC(=O)N(C)[C@H](C(=O)N[C@H](C(=O)N(C)[C@@H]([C@@H](C)CC)[C@@H](CC(=O)N3CCC[C@H]3[C@H](OC)[C@@H](C)C(=O)N[C@H](CC(CC)CC(C)C)[C@@H](O)c3ccccc3)OC)C(C)C)C(C)C)cc2)C1=O. The Hall–Kier alpha value is -6.96. The number of thioether (sulfide) groups is 1. The minimum atomic E-state index is -1.60. The molecule has 3 unspecified atom stereocenters. The molecule has 0 radical (unpaired) electrons. The minimum absolute atomic E-state index is 0.0283. The number of carbonyl (C=O) groups is 12. The molecule has 11 amide bonds. The minimum Gasteiger partial charge on any atom is -0.481 e. The highest BCUT2D eigenvalue weighted by Crippen LogP contribution is 2.43. The number of carboxylic acids is 1. The summed E-state index contributed by atoms with van der Waals surface area (Å²) in [4.78, 5) is 167. The zero-order chi connectivity index (χ0) is 78.0. The van der Waals surface area contributed by atoms with Crippen LogP contribution in [0, 0.1) is 35.5 Å². The zero-order valence-electron chi connectivity index (χ0n) is 63.9. The average Bonchev–Trinajstić information content (AvgIpc) is 1.48. The number of anilines is 1. The van der Waals surface area contributed by atoms with Gasteiger partial charge in [0.2, 0.25) is 59.1 Å². The molecule has 104 heavy (non-hydrogen) atoms. The number of nitrogens with zero attached hydrogens (tertiary/aromatic N) is 4. The van der Waals surface area contributed by atoms with Crippen LogP contribution in [-0.4, -0.2) is 211 Å². The number of hydrogen-bond donors (Lipinski definition) is 8. The monoisotopic (exact) mass is 1590 g/mol. The summed E-state index contributed by atoms with van der Waals surface area (Å²) in [6.07, 6.45) is 1.52. The molecule has 0 spiro atoms. The number of aliphatic carboxylic acids is 1. The van der Waals surface area contributed by atoms with Gasteiger partial charge in [0.05, 0.1) is 69.7 Å². The number of likely N-dealkylation sites (tertiary alicyclic amines) is 2. The van der Waals surface area contributed by atoms with Crippen molar-refractivity contribution in [3.05, 3.63) is 65.7 Å². The predicted molar refractivity (Wildman–Crippen MR) is 405 cm³/mol. The van der Waals surface area contributed by atoms with Crippen molar-refractivity contribution in [3.8, 4) is 0 Å². The van der Waals surface area contributed by atoms with E-state index >= 15 is 0 Å². The summed E-state index contributed by atoms with van der Waals surface area (Å²) < 4.78 is 17.6. The van der Waals surface area contributed by atoms with Crippen molar-refractivity contribution >= 4 is 111 Å². The molecule has 2 aromatic rings. The molecule has 2 fully saturated rings. The number of methoxy groups -OCH3 is 2. The summed E-state index contributed by atoms with van der Waals surface area (Å²) in [5, 5.41) is 36.6. The van der Waals surface area contributed by atoms with E-state index in [1.165, 1.54) is 64.2 Å². The summed E-state index contributed by atoms with van der Waals surface area (Å²) in [7, 11) is 6.07. The van der Waals surface area contributed by atoms with E-state index in [0.29, 0.717) is 49.3 Å². The fourth-order valence-electron chi connectivity index (χ4n) is 13.7. The van der Waals surface area contributed by atoms with Crippen LogP contribution < -0.4 is 31.9 Å². The first-order valence-corrected chi connectivity index (χ1v) is 38.4. The highest BCUT2D eigenvalue weighted by molar-refractivity contribution is 14.1. The van der Waals surface area contributed by atoms with Crippen molar-refractivity contribution in [2.45, 2.75) is 242 Å². The maximum absolute atomic E-state index is 14.9.